The van der Waals surface area contributed by atoms with Crippen molar-refractivity contribution in [1.29, 1.82) is 0 Å². The molecular formula is C22H33F2NO3. The van der Waals surface area contributed by atoms with E-state index in [1.54, 1.807) is 29.2 Å². The first-order valence-electron chi connectivity index (χ1n) is 9.80. The van der Waals surface area contributed by atoms with Gasteiger partial charge in [-0.15, -0.1) is 0 Å². The van der Waals surface area contributed by atoms with Crippen LogP contribution in [-0.4, -0.2) is 36.2 Å². The zero-order chi connectivity index (χ0) is 21.2. The van der Waals surface area contributed by atoms with E-state index in [9.17, 15) is 13.6 Å². The molecule has 28 heavy (non-hydrogen) atoms. The van der Waals surface area contributed by atoms with E-state index >= 15 is 0 Å². The number of ether oxygens (including phenoxy) is 2. The third kappa shape index (κ3) is 9.20. The lowest BCUT2D eigenvalue weighted by Crippen LogP contribution is -2.37. The molecule has 0 bridgehead atoms. The molecule has 158 valence electrons. The Kier molecular flexibility index (Phi) is 9.97. The van der Waals surface area contributed by atoms with E-state index in [4.69, 9.17) is 9.47 Å². The van der Waals surface area contributed by atoms with Crippen LogP contribution in [0, 0.1) is 0 Å². The minimum atomic E-state index is -2.57. The number of carbonyl (C=O) groups is 1. The van der Waals surface area contributed by atoms with Crippen LogP contribution in [0.3, 0.4) is 0 Å². The summed E-state index contributed by atoms with van der Waals surface area (Å²) in [5.41, 5.74) is 0.866. The summed E-state index contributed by atoms with van der Waals surface area (Å²) in [6, 6.07) is 5.19. The smallest absolute Gasteiger partial charge is 0.410 e. The standard InChI is InChI=1S/C22H33F2NO3/c1-6-8-9-10-13-25(21(26)28-22(3,4)5)15-18-14-17(7-2)11-12-19(18)27-16-20(23)24/h7,11-12,14,20H,2,6,8-10,13,15-16H2,1,3-5H3. The highest BCUT2D eigenvalue weighted by molar-refractivity contribution is 5.68. The zero-order valence-electron chi connectivity index (χ0n) is 17.5. The zero-order valence-corrected chi connectivity index (χ0v) is 17.5. The highest BCUT2D eigenvalue weighted by Gasteiger charge is 2.23. The lowest BCUT2D eigenvalue weighted by Gasteiger charge is -2.28. The van der Waals surface area contributed by atoms with E-state index < -0.39 is 24.7 Å². The van der Waals surface area contributed by atoms with Gasteiger partial charge in [-0.2, -0.15) is 0 Å². The van der Waals surface area contributed by atoms with E-state index in [1.807, 2.05) is 20.8 Å². The number of rotatable bonds is 11. The van der Waals surface area contributed by atoms with Crippen LogP contribution in [0.2, 0.25) is 0 Å². The maximum atomic E-state index is 12.7. The van der Waals surface area contributed by atoms with Crippen LogP contribution in [-0.2, 0) is 11.3 Å². The van der Waals surface area contributed by atoms with Gasteiger partial charge in [0.15, 0.2) is 0 Å². The highest BCUT2D eigenvalue weighted by Crippen LogP contribution is 2.24. The molecule has 0 unspecified atom stereocenters. The third-order valence-electron chi connectivity index (χ3n) is 3.98. The van der Waals surface area contributed by atoms with Crippen LogP contribution < -0.4 is 4.74 Å². The maximum absolute atomic E-state index is 12.7. The van der Waals surface area contributed by atoms with Crippen molar-refractivity contribution in [3.63, 3.8) is 0 Å². The second-order valence-electron chi connectivity index (χ2n) is 7.74. The van der Waals surface area contributed by atoms with E-state index in [1.165, 1.54) is 0 Å². The molecule has 0 saturated carbocycles. The molecule has 1 amide bonds. The van der Waals surface area contributed by atoms with E-state index in [0.717, 1.165) is 31.2 Å². The van der Waals surface area contributed by atoms with Crippen molar-refractivity contribution < 1.29 is 23.0 Å². The number of amides is 1. The molecule has 1 rings (SSSR count). The van der Waals surface area contributed by atoms with Gasteiger partial charge >= 0.3 is 6.09 Å². The van der Waals surface area contributed by atoms with Crippen LogP contribution in [0.15, 0.2) is 24.8 Å². The van der Waals surface area contributed by atoms with Gasteiger partial charge in [-0.05, 0) is 44.9 Å². The van der Waals surface area contributed by atoms with Gasteiger partial charge in [0.05, 0.1) is 6.54 Å². The number of hydrogen-bond donors (Lipinski definition) is 0. The van der Waals surface area contributed by atoms with Crippen molar-refractivity contribution in [3.05, 3.63) is 35.9 Å². The van der Waals surface area contributed by atoms with Gasteiger partial charge < -0.3 is 14.4 Å². The monoisotopic (exact) mass is 397 g/mol. The minimum absolute atomic E-state index is 0.224. The van der Waals surface area contributed by atoms with E-state index in [0.29, 0.717) is 17.9 Å². The Morgan fingerprint density at radius 1 is 1.25 bits per heavy atom. The van der Waals surface area contributed by atoms with Crippen LogP contribution in [0.5, 0.6) is 5.75 Å². The summed E-state index contributed by atoms with van der Waals surface area (Å²) >= 11 is 0. The number of halogens is 2. The second-order valence-corrected chi connectivity index (χ2v) is 7.74. The third-order valence-corrected chi connectivity index (χ3v) is 3.98. The van der Waals surface area contributed by atoms with Crippen LogP contribution in [0.1, 0.15) is 64.5 Å². The molecule has 0 saturated heterocycles. The lowest BCUT2D eigenvalue weighted by atomic mass is 10.1. The Morgan fingerprint density at radius 2 is 1.96 bits per heavy atom. The fourth-order valence-corrected chi connectivity index (χ4v) is 2.64. The van der Waals surface area contributed by atoms with Gasteiger partial charge in [0.1, 0.15) is 18.0 Å². The number of carbonyl (C=O) groups excluding carboxylic acids is 1. The van der Waals surface area contributed by atoms with Crippen molar-refractivity contribution in [1.82, 2.24) is 4.90 Å². The molecule has 0 spiro atoms. The summed E-state index contributed by atoms with van der Waals surface area (Å²) in [4.78, 5) is 14.3. The molecule has 0 radical (unpaired) electrons. The Balaban J connectivity index is 3.02. The SMILES string of the molecule is C=Cc1ccc(OCC(F)F)c(CN(CCCCCC)C(=O)OC(C)(C)C)c1. The molecule has 0 aliphatic heterocycles. The van der Waals surface area contributed by atoms with Crippen molar-refractivity contribution in [2.24, 2.45) is 0 Å². The van der Waals surface area contributed by atoms with Gasteiger partial charge in [0, 0.05) is 12.1 Å². The molecule has 0 N–H and O–H groups in total. The predicted molar refractivity (Wildman–Crippen MR) is 109 cm³/mol. The summed E-state index contributed by atoms with van der Waals surface area (Å²) in [6.07, 6.45) is 2.73. The normalized spacial score (nSPS) is 11.4. The summed E-state index contributed by atoms with van der Waals surface area (Å²) in [5.74, 6) is 0.341. The summed E-state index contributed by atoms with van der Waals surface area (Å²) in [6.45, 7) is 11.4. The van der Waals surface area contributed by atoms with Crippen molar-refractivity contribution in [2.75, 3.05) is 13.2 Å². The first kappa shape index (κ1) is 23.9. The van der Waals surface area contributed by atoms with Crippen molar-refractivity contribution in [3.8, 4) is 5.75 Å². The van der Waals surface area contributed by atoms with Crippen LogP contribution in [0.4, 0.5) is 13.6 Å². The van der Waals surface area contributed by atoms with Crippen LogP contribution in [0.25, 0.3) is 6.08 Å². The molecule has 0 atom stereocenters. The molecule has 4 nitrogen and oxygen atoms in total. The number of alkyl halides is 2. The molecule has 0 aromatic heterocycles. The Morgan fingerprint density at radius 3 is 2.54 bits per heavy atom. The molecule has 0 aliphatic rings. The molecule has 1 aromatic carbocycles. The summed E-state index contributed by atoms with van der Waals surface area (Å²) < 4.78 is 36.0. The van der Waals surface area contributed by atoms with Gasteiger partial charge in [-0.1, -0.05) is 44.9 Å². The number of benzene rings is 1. The Hall–Kier alpha value is -2.11. The van der Waals surface area contributed by atoms with Gasteiger partial charge in [0.2, 0.25) is 0 Å². The average molecular weight is 398 g/mol. The molecule has 0 heterocycles. The topological polar surface area (TPSA) is 38.8 Å². The highest BCUT2D eigenvalue weighted by atomic mass is 19.3. The van der Waals surface area contributed by atoms with Gasteiger partial charge in [-0.25, -0.2) is 13.6 Å². The Labute approximate surface area is 167 Å². The van der Waals surface area contributed by atoms with Crippen molar-refractivity contribution >= 4 is 12.2 Å². The average Bonchev–Trinajstić information content (AvgIpc) is 2.61. The first-order chi connectivity index (χ1) is 13.2. The predicted octanol–water partition coefficient (Wildman–Crippen LogP) is 6.29. The second kappa shape index (κ2) is 11.7. The number of hydrogen-bond acceptors (Lipinski definition) is 3. The fourth-order valence-electron chi connectivity index (χ4n) is 2.64. The molecule has 6 heteroatoms. The lowest BCUT2D eigenvalue weighted by molar-refractivity contribution is 0.0226. The van der Waals surface area contributed by atoms with Crippen LogP contribution >= 0.6 is 0 Å². The van der Waals surface area contributed by atoms with E-state index in [-0.39, 0.29) is 6.54 Å². The summed E-state index contributed by atoms with van der Waals surface area (Å²) in [7, 11) is 0. The molecular weight excluding hydrogens is 364 g/mol. The van der Waals surface area contributed by atoms with Crippen molar-refractivity contribution in [2.45, 2.75) is 71.9 Å². The summed E-state index contributed by atoms with van der Waals surface area (Å²) in [5, 5.41) is 0. The molecule has 0 fully saturated rings. The fraction of sp³-hybridized carbons (Fsp3) is 0.591. The first-order valence-corrected chi connectivity index (χ1v) is 9.80. The number of nitrogens with zero attached hydrogens (tertiary/aromatic N) is 1. The Bertz CT molecular complexity index is 627. The minimum Gasteiger partial charge on any atom is -0.487 e. The molecule has 0 aliphatic carbocycles. The quantitative estimate of drug-likeness (QED) is 0.412. The molecule has 1 aromatic rings. The maximum Gasteiger partial charge on any atom is 0.410 e. The van der Waals surface area contributed by atoms with Gasteiger partial charge in [0.25, 0.3) is 6.43 Å². The van der Waals surface area contributed by atoms with Gasteiger partial charge in [-0.3, -0.25) is 0 Å². The number of unbranched alkanes of at least 4 members (excludes halogenated alkanes) is 3. The largest absolute Gasteiger partial charge is 0.487 e. The van der Waals surface area contributed by atoms with E-state index in [2.05, 4.69) is 13.5 Å².